The molecule has 0 saturated heterocycles. The predicted octanol–water partition coefficient (Wildman–Crippen LogP) is 2.36. The van der Waals surface area contributed by atoms with Gasteiger partial charge in [-0.2, -0.15) is 0 Å². The first-order valence-corrected chi connectivity index (χ1v) is 7.84. The van der Waals surface area contributed by atoms with E-state index < -0.39 is 35.5 Å². The monoisotopic (exact) mass is 396 g/mol. The van der Waals surface area contributed by atoms with E-state index in [2.05, 4.69) is 10.3 Å². The number of amides is 1. The van der Waals surface area contributed by atoms with E-state index >= 15 is 0 Å². The van der Waals surface area contributed by atoms with Gasteiger partial charge in [0.1, 0.15) is 28.2 Å². The first kappa shape index (κ1) is 20.3. The molecule has 0 unspecified atom stereocenters. The number of hydrogen-bond acceptors (Lipinski definition) is 6. The van der Waals surface area contributed by atoms with Crippen LogP contribution in [0, 0.1) is 17.0 Å². The van der Waals surface area contributed by atoms with E-state index in [1.165, 1.54) is 13.0 Å². The maximum atomic E-state index is 14.5. The Kier molecular flexibility index (Phi) is 6.09. The predicted molar refractivity (Wildman–Crippen MR) is 95.1 cm³/mol. The molecule has 1 aromatic heterocycles. The molecule has 7 nitrogen and oxygen atoms in total. The summed E-state index contributed by atoms with van der Waals surface area (Å²) in [6.07, 6.45) is 0. The lowest BCUT2D eigenvalue weighted by molar-refractivity contribution is 0.0964. The second-order valence-electron chi connectivity index (χ2n) is 5.43. The normalized spacial score (nSPS) is 11.7. The highest BCUT2D eigenvalue weighted by Crippen LogP contribution is 2.29. The number of aromatic hydroxyl groups is 1. The molecule has 27 heavy (non-hydrogen) atoms. The van der Waals surface area contributed by atoms with Crippen LogP contribution in [-0.4, -0.2) is 26.8 Å². The van der Waals surface area contributed by atoms with Crippen molar-refractivity contribution in [2.45, 2.75) is 13.5 Å². The Morgan fingerprint density at radius 1 is 1.33 bits per heavy atom. The molecule has 2 rings (SSSR count). The van der Waals surface area contributed by atoms with E-state index in [4.69, 9.17) is 27.9 Å². The van der Waals surface area contributed by atoms with Crippen molar-refractivity contribution in [1.29, 1.82) is 5.41 Å². The van der Waals surface area contributed by atoms with E-state index in [1.54, 1.807) is 0 Å². The van der Waals surface area contributed by atoms with Gasteiger partial charge in [-0.3, -0.25) is 4.79 Å². The number of nitrogens with one attached hydrogen (secondary N) is 2. The third-order valence-corrected chi connectivity index (χ3v) is 3.72. The SMILES string of the molecule is CC(=N)/C(NC(=O)c1cc(F)c(-c2ccc(F)c(CO)n2)cc1O)=C(\N)Cl. The van der Waals surface area contributed by atoms with E-state index in [-0.39, 0.29) is 33.5 Å². The molecule has 0 aliphatic heterocycles. The van der Waals surface area contributed by atoms with Gasteiger partial charge in [0.15, 0.2) is 0 Å². The molecule has 1 amide bonds. The summed E-state index contributed by atoms with van der Waals surface area (Å²) < 4.78 is 27.9. The van der Waals surface area contributed by atoms with Crippen LogP contribution in [0.3, 0.4) is 0 Å². The fourth-order valence-electron chi connectivity index (χ4n) is 2.20. The number of phenolic OH excluding ortho intramolecular Hbond substituents is 1. The molecule has 0 saturated carbocycles. The van der Waals surface area contributed by atoms with Gasteiger partial charge in [0.25, 0.3) is 5.91 Å². The van der Waals surface area contributed by atoms with E-state index in [0.29, 0.717) is 0 Å². The van der Waals surface area contributed by atoms with Crippen LogP contribution in [0.25, 0.3) is 11.3 Å². The van der Waals surface area contributed by atoms with Crippen molar-refractivity contribution in [3.05, 3.63) is 58.0 Å². The zero-order chi connectivity index (χ0) is 20.3. The molecule has 0 spiro atoms. The minimum Gasteiger partial charge on any atom is -0.507 e. The molecule has 10 heteroatoms. The number of aliphatic hydroxyl groups excluding tert-OH is 1. The largest absolute Gasteiger partial charge is 0.507 e. The van der Waals surface area contributed by atoms with Gasteiger partial charge in [-0.05, 0) is 31.2 Å². The molecular formula is C17H15ClF2N4O3. The quantitative estimate of drug-likeness (QED) is 0.391. The van der Waals surface area contributed by atoms with Crippen LogP contribution in [0.5, 0.6) is 5.75 Å². The van der Waals surface area contributed by atoms with Gasteiger partial charge in [-0.25, -0.2) is 13.8 Å². The minimum atomic E-state index is -0.939. The van der Waals surface area contributed by atoms with Crippen LogP contribution >= 0.6 is 11.6 Å². The fraction of sp³-hybridized carbons (Fsp3) is 0.118. The second kappa shape index (κ2) is 8.11. The Labute approximate surface area is 157 Å². The molecule has 0 radical (unpaired) electrons. The van der Waals surface area contributed by atoms with E-state index in [0.717, 1.165) is 18.2 Å². The average Bonchev–Trinajstić information content (AvgIpc) is 2.61. The number of carbonyl (C=O) groups excluding carboxylic acids is 1. The highest BCUT2D eigenvalue weighted by Gasteiger charge is 2.20. The number of carbonyl (C=O) groups is 1. The minimum absolute atomic E-state index is 0.0406. The van der Waals surface area contributed by atoms with Crippen molar-refractivity contribution in [2.24, 2.45) is 5.73 Å². The number of aromatic nitrogens is 1. The first-order chi connectivity index (χ1) is 12.6. The third kappa shape index (κ3) is 4.39. The van der Waals surface area contributed by atoms with Crippen LogP contribution in [0.2, 0.25) is 0 Å². The molecule has 1 heterocycles. The fourth-order valence-corrected chi connectivity index (χ4v) is 2.39. The number of hydrogen-bond donors (Lipinski definition) is 5. The van der Waals surface area contributed by atoms with Crippen molar-refractivity contribution in [2.75, 3.05) is 0 Å². The maximum Gasteiger partial charge on any atom is 0.259 e. The van der Waals surface area contributed by atoms with Crippen LogP contribution in [0.1, 0.15) is 23.0 Å². The van der Waals surface area contributed by atoms with Gasteiger partial charge in [0, 0.05) is 5.56 Å². The van der Waals surface area contributed by atoms with Gasteiger partial charge < -0.3 is 26.7 Å². The number of halogens is 3. The summed E-state index contributed by atoms with van der Waals surface area (Å²) in [5.41, 5.74) is 4.08. The summed E-state index contributed by atoms with van der Waals surface area (Å²) in [6.45, 7) is 0.638. The molecule has 2 aromatic rings. The zero-order valence-electron chi connectivity index (χ0n) is 14.0. The summed E-state index contributed by atoms with van der Waals surface area (Å²) in [6, 6.07) is 3.86. The van der Waals surface area contributed by atoms with Crippen molar-refractivity contribution in [1.82, 2.24) is 10.3 Å². The summed E-state index contributed by atoms with van der Waals surface area (Å²) in [5, 5.41) is 28.5. The molecule has 1 aromatic carbocycles. The number of benzene rings is 1. The molecule has 6 N–H and O–H groups in total. The summed E-state index contributed by atoms with van der Waals surface area (Å²) in [7, 11) is 0. The third-order valence-electron chi connectivity index (χ3n) is 3.53. The molecule has 0 atom stereocenters. The lowest BCUT2D eigenvalue weighted by Crippen LogP contribution is -2.28. The van der Waals surface area contributed by atoms with Crippen molar-refractivity contribution < 1.29 is 23.8 Å². The van der Waals surface area contributed by atoms with Crippen molar-refractivity contribution >= 4 is 23.2 Å². The smallest absolute Gasteiger partial charge is 0.259 e. The molecular weight excluding hydrogens is 382 g/mol. The number of allylic oxidation sites excluding steroid dienone is 1. The van der Waals surface area contributed by atoms with Crippen LogP contribution in [0.4, 0.5) is 8.78 Å². The summed E-state index contributed by atoms with van der Waals surface area (Å²) >= 11 is 5.59. The van der Waals surface area contributed by atoms with Crippen LogP contribution in [-0.2, 0) is 6.61 Å². The van der Waals surface area contributed by atoms with Gasteiger partial charge in [-0.15, -0.1) is 0 Å². The Hall–Kier alpha value is -3.04. The highest BCUT2D eigenvalue weighted by atomic mass is 35.5. The Morgan fingerprint density at radius 3 is 2.56 bits per heavy atom. The van der Waals surface area contributed by atoms with Crippen molar-refractivity contribution in [3.63, 3.8) is 0 Å². The molecule has 0 fully saturated rings. The molecule has 0 aliphatic rings. The number of aliphatic hydroxyl groups is 1. The standard InChI is InChI=1S/C17H15ClF2N4O3/c1-7(21)15(16(18)22)24-17(27)9-4-11(20)8(5-14(9)26)12-3-2-10(19)13(6-25)23-12/h2-5,21,25-26H,6,22H2,1H3,(H,24,27)/b16-15+,21-7?. The average molecular weight is 397 g/mol. The van der Waals surface area contributed by atoms with E-state index in [1.807, 2.05) is 0 Å². The Balaban J connectivity index is 2.44. The van der Waals surface area contributed by atoms with Gasteiger partial charge in [0.05, 0.1) is 29.3 Å². The zero-order valence-corrected chi connectivity index (χ0v) is 14.7. The lowest BCUT2D eigenvalue weighted by atomic mass is 10.0. The number of nitrogens with two attached hydrogens (primary N) is 1. The second-order valence-corrected chi connectivity index (χ2v) is 5.84. The summed E-state index contributed by atoms with van der Waals surface area (Å²) in [4.78, 5) is 16.0. The number of phenols is 1. The molecule has 142 valence electrons. The van der Waals surface area contributed by atoms with E-state index in [9.17, 15) is 18.7 Å². The van der Waals surface area contributed by atoms with Crippen LogP contribution < -0.4 is 11.1 Å². The van der Waals surface area contributed by atoms with Crippen molar-refractivity contribution in [3.8, 4) is 17.0 Å². The van der Waals surface area contributed by atoms with Gasteiger partial charge >= 0.3 is 0 Å². The topological polar surface area (TPSA) is 132 Å². The first-order valence-electron chi connectivity index (χ1n) is 7.47. The maximum absolute atomic E-state index is 14.5. The number of nitrogens with zero attached hydrogens (tertiary/aromatic N) is 1. The molecule has 0 bridgehead atoms. The number of rotatable bonds is 5. The van der Waals surface area contributed by atoms with Crippen LogP contribution in [0.15, 0.2) is 35.1 Å². The lowest BCUT2D eigenvalue weighted by Gasteiger charge is -2.12. The number of pyridine rings is 1. The Morgan fingerprint density at radius 2 is 2.00 bits per heavy atom. The summed E-state index contributed by atoms with van der Waals surface area (Å²) in [5.74, 6) is -3.21. The van der Waals surface area contributed by atoms with Gasteiger partial charge in [-0.1, -0.05) is 11.6 Å². The Bertz CT molecular complexity index is 959. The van der Waals surface area contributed by atoms with Gasteiger partial charge in [0.2, 0.25) is 0 Å². The molecule has 0 aliphatic carbocycles. The highest BCUT2D eigenvalue weighted by molar-refractivity contribution is 6.31.